The summed E-state index contributed by atoms with van der Waals surface area (Å²) in [6.45, 7) is 0. The number of benzene rings is 2. The maximum Gasteiger partial charge on any atom is 0.237 e. The average molecular weight is 455 g/mol. The number of nitrogens with two attached hydrogens (primary N) is 1. The topological polar surface area (TPSA) is 72.2 Å². The fourth-order valence-electron chi connectivity index (χ4n) is 3.83. The molecule has 2 atom stereocenters. The van der Waals surface area contributed by atoms with E-state index in [2.05, 4.69) is 5.32 Å². The van der Waals surface area contributed by atoms with Gasteiger partial charge in [-0.25, -0.2) is 4.39 Å². The summed E-state index contributed by atoms with van der Waals surface area (Å²) in [5.41, 5.74) is 5.60. The van der Waals surface area contributed by atoms with Gasteiger partial charge in [0.2, 0.25) is 5.91 Å². The Kier molecular flexibility index (Phi) is 5.56. The van der Waals surface area contributed by atoms with E-state index >= 15 is 0 Å². The van der Waals surface area contributed by atoms with Crippen LogP contribution in [-0.2, 0) is 4.79 Å². The van der Waals surface area contributed by atoms with Crippen molar-refractivity contribution in [1.29, 1.82) is 0 Å². The number of carbonyl (C=O) groups is 2. The second-order valence-corrected chi connectivity index (χ2v) is 8.01. The second kappa shape index (κ2) is 8.17. The third-order valence-electron chi connectivity index (χ3n) is 5.36. The number of ketones is 1. The second-order valence-electron chi connectivity index (χ2n) is 7.16. The van der Waals surface area contributed by atoms with E-state index in [1.54, 1.807) is 66.9 Å². The van der Waals surface area contributed by atoms with Crippen molar-refractivity contribution in [2.45, 2.75) is 5.38 Å². The molecule has 0 radical (unpaired) electrons. The minimum Gasteiger partial charge on any atom is -0.368 e. The summed E-state index contributed by atoms with van der Waals surface area (Å²) in [7, 11) is 0. The first kappa shape index (κ1) is 21.1. The van der Waals surface area contributed by atoms with Gasteiger partial charge in [-0.2, -0.15) is 0 Å². The van der Waals surface area contributed by atoms with Crippen LogP contribution in [-0.4, -0.2) is 17.1 Å². The molecule has 7 heteroatoms. The lowest BCUT2D eigenvalue weighted by Gasteiger charge is -2.35. The lowest BCUT2D eigenvalue weighted by Crippen LogP contribution is -2.50. The quantitative estimate of drug-likeness (QED) is 0.363. The number of rotatable bonds is 4. The molecular weight excluding hydrogens is 438 g/mol. The van der Waals surface area contributed by atoms with Crippen molar-refractivity contribution in [1.82, 2.24) is 0 Å². The number of anilines is 1. The Hall–Kier alpha value is -3.15. The van der Waals surface area contributed by atoms with Crippen molar-refractivity contribution >= 4 is 52.2 Å². The van der Waals surface area contributed by atoms with Gasteiger partial charge in [0, 0.05) is 28.0 Å². The highest BCUT2D eigenvalue weighted by Gasteiger charge is 2.53. The summed E-state index contributed by atoms with van der Waals surface area (Å²) < 4.78 is 14.8. The largest absolute Gasteiger partial charge is 0.368 e. The lowest BCUT2D eigenvalue weighted by molar-refractivity contribution is -0.123. The molecule has 0 saturated carbocycles. The molecule has 1 aliphatic heterocycles. The van der Waals surface area contributed by atoms with Crippen molar-refractivity contribution < 1.29 is 14.0 Å². The van der Waals surface area contributed by atoms with Crippen LogP contribution in [0.3, 0.4) is 0 Å². The summed E-state index contributed by atoms with van der Waals surface area (Å²) in [5, 5.41) is 2.11. The molecule has 0 saturated heterocycles. The Bertz CT molecular complexity index is 1220. The fourth-order valence-corrected chi connectivity index (χ4v) is 4.53. The van der Waals surface area contributed by atoms with Crippen LogP contribution in [0.2, 0.25) is 5.02 Å². The van der Waals surface area contributed by atoms with E-state index in [1.165, 1.54) is 6.08 Å². The smallest absolute Gasteiger partial charge is 0.237 e. The Morgan fingerprint density at radius 1 is 1.10 bits per heavy atom. The Labute approximate surface area is 188 Å². The molecule has 2 unspecified atom stereocenters. The van der Waals surface area contributed by atoms with Gasteiger partial charge in [0.25, 0.3) is 0 Å². The lowest BCUT2D eigenvalue weighted by atomic mass is 9.70. The van der Waals surface area contributed by atoms with E-state index < -0.39 is 28.3 Å². The molecule has 2 aromatic rings. The zero-order valence-electron chi connectivity index (χ0n) is 16.1. The van der Waals surface area contributed by atoms with Crippen molar-refractivity contribution in [3.63, 3.8) is 0 Å². The summed E-state index contributed by atoms with van der Waals surface area (Å²) in [5.74, 6) is -2.54. The van der Waals surface area contributed by atoms with Gasteiger partial charge in [-0.1, -0.05) is 54.1 Å². The number of halogens is 3. The summed E-state index contributed by atoms with van der Waals surface area (Å²) in [4.78, 5) is 26.6. The third kappa shape index (κ3) is 3.50. The van der Waals surface area contributed by atoms with Gasteiger partial charge >= 0.3 is 0 Å². The minimum atomic E-state index is -2.14. The number of carbonyl (C=O) groups excluding carboxylic acids is 2. The zero-order chi connectivity index (χ0) is 22.2. The van der Waals surface area contributed by atoms with Gasteiger partial charge < -0.3 is 11.1 Å². The van der Waals surface area contributed by atoms with Gasteiger partial charge in [-0.3, -0.25) is 9.59 Å². The van der Waals surface area contributed by atoms with E-state index in [-0.39, 0.29) is 11.1 Å². The number of hydrogen-bond acceptors (Lipinski definition) is 3. The first-order valence-corrected chi connectivity index (χ1v) is 10.2. The van der Waals surface area contributed by atoms with Gasteiger partial charge in [0.05, 0.1) is 5.38 Å². The average Bonchev–Trinajstić information content (AvgIpc) is 3.00. The summed E-state index contributed by atoms with van der Waals surface area (Å²) in [6, 6.07) is 11.7. The molecule has 156 valence electrons. The highest BCUT2D eigenvalue weighted by atomic mass is 35.5. The molecular formula is C24H17Cl2FN2O2. The molecule has 2 aromatic carbocycles. The zero-order valence-corrected chi connectivity index (χ0v) is 17.6. The highest BCUT2D eigenvalue weighted by molar-refractivity contribution is 6.37. The van der Waals surface area contributed by atoms with Crippen molar-refractivity contribution in [2.24, 2.45) is 11.1 Å². The fraction of sp³-hybridized carbons (Fsp3) is 0.0833. The van der Waals surface area contributed by atoms with Crippen LogP contribution >= 0.6 is 23.2 Å². The van der Waals surface area contributed by atoms with Crippen LogP contribution < -0.4 is 11.1 Å². The number of allylic oxidation sites excluding steroid dienone is 5. The van der Waals surface area contributed by atoms with Gasteiger partial charge in [-0.05, 0) is 41.5 Å². The van der Waals surface area contributed by atoms with E-state index in [4.69, 9.17) is 28.9 Å². The number of fused-ring (bicyclic) bond motifs is 1. The van der Waals surface area contributed by atoms with Crippen LogP contribution in [0.1, 0.15) is 21.5 Å². The van der Waals surface area contributed by atoms with Crippen LogP contribution in [0, 0.1) is 5.41 Å². The molecule has 1 amide bonds. The van der Waals surface area contributed by atoms with Crippen LogP contribution in [0.25, 0.3) is 11.6 Å². The molecule has 1 heterocycles. The van der Waals surface area contributed by atoms with Crippen LogP contribution in [0.4, 0.5) is 10.1 Å². The number of nitrogens with one attached hydrogen (secondary N) is 1. The van der Waals surface area contributed by atoms with E-state index in [9.17, 15) is 14.0 Å². The SMILES string of the molecule is NC(=O)C1(C(=O)c2cccc3c2C=CC=CN3)C=C(F)C=C(c2ccccc2Cl)C1Cl. The molecule has 0 fully saturated rings. The molecule has 4 rings (SSSR count). The van der Waals surface area contributed by atoms with Crippen molar-refractivity contribution in [2.75, 3.05) is 5.32 Å². The monoisotopic (exact) mass is 454 g/mol. The molecule has 4 nitrogen and oxygen atoms in total. The van der Waals surface area contributed by atoms with Gasteiger partial charge in [-0.15, -0.1) is 11.6 Å². The van der Waals surface area contributed by atoms with Crippen molar-refractivity contribution in [3.8, 4) is 0 Å². The third-order valence-corrected chi connectivity index (χ3v) is 6.27. The van der Waals surface area contributed by atoms with Crippen LogP contribution in [0.5, 0.6) is 0 Å². The molecule has 1 aliphatic carbocycles. The molecule has 0 bridgehead atoms. The highest BCUT2D eigenvalue weighted by Crippen LogP contribution is 2.47. The molecule has 2 aliphatic rings. The molecule has 31 heavy (non-hydrogen) atoms. The number of primary amides is 1. The molecule has 0 aromatic heterocycles. The first-order chi connectivity index (χ1) is 14.9. The predicted octanol–water partition coefficient (Wildman–Crippen LogP) is 5.50. The Morgan fingerprint density at radius 2 is 1.87 bits per heavy atom. The van der Waals surface area contributed by atoms with E-state index in [0.717, 1.165) is 6.08 Å². The minimum absolute atomic E-state index is 0.193. The summed E-state index contributed by atoms with van der Waals surface area (Å²) >= 11 is 13.0. The standard InChI is InChI=1S/C24H17Cl2FN2O2/c25-19-9-2-1-6-15(19)18-12-14(27)13-24(21(18)26,23(28)31)22(30)17-8-5-10-20-16(17)7-3-4-11-29-20/h1-13,21,29H,(H2,28,31). The number of alkyl halides is 1. The Morgan fingerprint density at radius 3 is 2.61 bits per heavy atom. The van der Waals surface area contributed by atoms with E-state index in [0.29, 0.717) is 21.8 Å². The Balaban J connectivity index is 1.90. The maximum atomic E-state index is 14.8. The van der Waals surface area contributed by atoms with Gasteiger partial charge in [0.1, 0.15) is 5.83 Å². The number of amides is 1. The molecule has 0 spiro atoms. The first-order valence-electron chi connectivity index (χ1n) is 9.42. The van der Waals surface area contributed by atoms with Gasteiger partial charge in [0.15, 0.2) is 11.2 Å². The summed E-state index contributed by atoms with van der Waals surface area (Å²) in [6.07, 6.45) is 9.03. The maximum absolute atomic E-state index is 14.8. The molecule has 3 N–H and O–H groups in total. The normalized spacial score (nSPS) is 22.0. The van der Waals surface area contributed by atoms with Crippen LogP contribution in [0.15, 0.2) is 78.8 Å². The predicted molar refractivity (Wildman–Crippen MR) is 122 cm³/mol. The number of Topliss-reactive ketones (excluding diaryl/α,β-unsaturated/α-hetero) is 1. The number of hydrogen-bond donors (Lipinski definition) is 2. The van der Waals surface area contributed by atoms with E-state index in [1.807, 2.05) is 0 Å². The van der Waals surface area contributed by atoms with Crippen molar-refractivity contribution in [3.05, 3.63) is 101 Å².